The van der Waals surface area contributed by atoms with Gasteiger partial charge < -0.3 is 13.9 Å². The van der Waals surface area contributed by atoms with E-state index in [0.717, 1.165) is 66.8 Å². The van der Waals surface area contributed by atoms with Gasteiger partial charge in [-0.2, -0.15) is 0 Å². The molecule has 0 amide bonds. The van der Waals surface area contributed by atoms with E-state index in [1.807, 2.05) is 0 Å². The molecule has 59 heavy (non-hydrogen) atoms. The highest BCUT2D eigenvalue weighted by Gasteiger charge is 2.20. The van der Waals surface area contributed by atoms with Gasteiger partial charge in [0.15, 0.2) is 0 Å². The van der Waals surface area contributed by atoms with Crippen molar-refractivity contribution in [1.82, 2.24) is 4.57 Å². The number of hydrogen-bond donors (Lipinski definition) is 0. The molecule has 2 aromatic heterocycles. The summed E-state index contributed by atoms with van der Waals surface area (Å²) in [4.78, 5) is 2.37. The van der Waals surface area contributed by atoms with Crippen molar-refractivity contribution >= 4 is 82.4 Å². The van der Waals surface area contributed by atoms with Crippen LogP contribution in [0.5, 0.6) is 0 Å². The van der Waals surface area contributed by atoms with Crippen LogP contribution in [0.15, 0.2) is 223 Å². The van der Waals surface area contributed by atoms with Crippen molar-refractivity contribution in [2.75, 3.05) is 4.90 Å². The summed E-state index contributed by atoms with van der Waals surface area (Å²) in [7, 11) is 0. The molecule has 3 heteroatoms. The van der Waals surface area contributed by atoms with Crippen molar-refractivity contribution in [3.8, 4) is 27.9 Å². The molecule has 0 aliphatic heterocycles. The van der Waals surface area contributed by atoms with Gasteiger partial charge in [-0.15, -0.1) is 0 Å². The van der Waals surface area contributed by atoms with Crippen LogP contribution in [0.25, 0.3) is 93.2 Å². The molecular weight excluding hydrogens is 717 g/mol. The van der Waals surface area contributed by atoms with Crippen LogP contribution in [0.2, 0.25) is 0 Å². The second-order valence-corrected chi connectivity index (χ2v) is 15.3. The van der Waals surface area contributed by atoms with Crippen LogP contribution in [0.3, 0.4) is 0 Å². The second kappa shape index (κ2) is 13.4. The van der Waals surface area contributed by atoms with Crippen LogP contribution in [-0.4, -0.2) is 4.57 Å². The van der Waals surface area contributed by atoms with E-state index < -0.39 is 0 Å². The van der Waals surface area contributed by atoms with Crippen LogP contribution in [0.4, 0.5) is 17.1 Å². The summed E-state index contributed by atoms with van der Waals surface area (Å²) in [6, 6.07) is 78.7. The largest absolute Gasteiger partial charge is 0.455 e. The predicted molar refractivity (Wildman–Crippen MR) is 249 cm³/mol. The molecule has 276 valence electrons. The zero-order chi connectivity index (χ0) is 38.9. The summed E-state index contributed by atoms with van der Waals surface area (Å²) < 4.78 is 9.11. The van der Waals surface area contributed by atoms with Crippen LogP contribution in [-0.2, 0) is 0 Å². The average molecular weight is 753 g/mol. The number of para-hydroxylation sites is 3. The van der Waals surface area contributed by atoms with Crippen molar-refractivity contribution in [3.63, 3.8) is 0 Å². The molecular formula is C56H36N2O. The van der Waals surface area contributed by atoms with E-state index in [1.165, 1.54) is 43.5 Å². The molecule has 0 fully saturated rings. The molecule has 0 saturated heterocycles. The lowest BCUT2D eigenvalue weighted by molar-refractivity contribution is 0.672. The van der Waals surface area contributed by atoms with Crippen LogP contribution in [0, 0.1) is 0 Å². The summed E-state index contributed by atoms with van der Waals surface area (Å²) >= 11 is 0. The van der Waals surface area contributed by atoms with E-state index in [1.54, 1.807) is 0 Å². The standard InChI is InChI=1S/C56H36N2O/c1-2-14-40-34-42(25-24-37(40)12-1)46-17-5-8-21-52(46)57(45-31-33-50-51-32-28-39-13-3-4-18-47(39)56(51)59-55(50)36-45)43-29-26-38(27-30-43)41-15-11-16-44(35-41)58-53-22-9-6-19-48(53)49-20-7-10-23-54(49)58/h1-36H. The summed E-state index contributed by atoms with van der Waals surface area (Å²) in [5.41, 5.74) is 13.1. The fourth-order valence-corrected chi connectivity index (χ4v) is 9.16. The smallest absolute Gasteiger partial charge is 0.143 e. The Kier molecular flexibility index (Phi) is 7.54. The molecule has 12 rings (SSSR count). The third-order valence-corrected chi connectivity index (χ3v) is 12.0. The first kappa shape index (κ1) is 33.3. The normalized spacial score (nSPS) is 11.7. The Morgan fingerprint density at radius 1 is 0.356 bits per heavy atom. The molecule has 0 bridgehead atoms. The molecule has 0 aliphatic carbocycles. The SMILES string of the molecule is c1cc(-c2ccc(N(c3ccc4c(c3)oc3c5ccccc5ccc43)c3ccccc3-c3ccc4ccccc4c3)cc2)cc(-n2c3ccccc3c3ccccc32)c1. The van der Waals surface area contributed by atoms with E-state index >= 15 is 0 Å². The topological polar surface area (TPSA) is 21.3 Å². The molecule has 12 aromatic rings. The van der Waals surface area contributed by atoms with Crippen molar-refractivity contribution in [3.05, 3.63) is 218 Å². The number of nitrogens with zero attached hydrogens (tertiary/aromatic N) is 2. The van der Waals surface area contributed by atoms with Gasteiger partial charge in [-0.05, 0) is 99.6 Å². The minimum absolute atomic E-state index is 0.862. The summed E-state index contributed by atoms with van der Waals surface area (Å²) in [5, 5.41) is 9.50. The molecule has 0 spiro atoms. The lowest BCUT2D eigenvalue weighted by Crippen LogP contribution is -2.11. The van der Waals surface area contributed by atoms with Gasteiger partial charge in [-0.25, -0.2) is 0 Å². The Hall–Kier alpha value is -7.88. The van der Waals surface area contributed by atoms with Crippen LogP contribution < -0.4 is 4.90 Å². The number of rotatable bonds is 6. The Labute approximate surface area is 341 Å². The highest BCUT2D eigenvalue weighted by molar-refractivity contribution is 6.15. The monoisotopic (exact) mass is 752 g/mol. The van der Waals surface area contributed by atoms with Gasteiger partial charge in [0.2, 0.25) is 0 Å². The molecule has 0 unspecified atom stereocenters. The maximum Gasteiger partial charge on any atom is 0.143 e. The molecule has 0 atom stereocenters. The average Bonchev–Trinajstić information content (AvgIpc) is 3.85. The lowest BCUT2D eigenvalue weighted by atomic mass is 9.98. The Morgan fingerprint density at radius 2 is 0.983 bits per heavy atom. The highest BCUT2D eigenvalue weighted by atomic mass is 16.3. The summed E-state index contributed by atoms with van der Waals surface area (Å²) in [5.74, 6) is 0. The first-order valence-corrected chi connectivity index (χ1v) is 20.2. The van der Waals surface area contributed by atoms with Crippen LogP contribution in [0.1, 0.15) is 0 Å². The Morgan fingerprint density at radius 3 is 1.80 bits per heavy atom. The van der Waals surface area contributed by atoms with E-state index in [4.69, 9.17) is 4.42 Å². The predicted octanol–water partition coefficient (Wildman–Crippen LogP) is 15.8. The minimum Gasteiger partial charge on any atom is -0.455 e. The zero-order valence-electron chi connectivity index (χ0n) is 32.1. The Balaban J connectivity index is 1.00. The number of hydrogen-bond acceptors (Lipinski definition) is 2. The van der Waals surface area contributed by atoms with Gasteiger partial charge in [0.25, 0.3) is 0 Å². The quantitative estimate of drug-likeness (QED) is 0.169. The summed E-state index contributed by atoms with van der Waals surface area (Å²) in [6.45, 7) is 0. The molecule has 10 aromatic carbocycles. The number of fused-ring (bicyclic) bond motifs is 9. The molecule has 0 N–H and O–H groups in total. The molecule has 0 radical (unpaired) electrons. The highest BCUT2D eigenvalue weighted by Crippen LogP contribution is 2.44. The third-order valence-electron chi connectivity index (χ3n) is 12.0. The zero-order valence-corrected chi connectivity index (χ0v) is 32.1. The van der Waals surface area contributed by atoms with E-state index in [2.05, 4.69) is 228 Å². The first-order chi connectivity index (χ1) is 29.2. The third kappa shape index (κ3) is 5.44. The number of anilines is 3. The van der Waals surface area contributed by atoms with Gasteiger partial charge >= 0.3 is 0 Å². The van der Waals surface area contributed by atoms with Gasteiger partial charge in [0.1, 0.15) is 11.2 Å². The van der Waals surface area contributed by atoms with E-state index in [-0.39, 0.29) is 0 Å². The summed E-state index contributed by atoms with van der Waals surface area (Å²) in [6.07, 6.45) is 0. The maximum absolute atomic E-state index is 6.73. The fraction of sp³-hybridized carbons (Fsp3) is 0. The van der Waals surface area contributed by atoms with E-state index in [0.29, 0.717) is 0 Å². The molecule has 2 heterocycles. The van der Waals surface area contributed by atoms with Gasteiger partial charge in [-0.1, -0.05) is 146 Å². The lowest BCUT2D eigenvalue weighted by Gasteiger charge is -2.28. The fourth-order valence-electron chi connectivity index (χ4n) is 9.16. The molecule has 3 nitrogen and oxygen atoms in total. The molecule has 0 saturated carbocycles. The van der Waals surface area contributed by atoms with Crippen molar-refractivity contribution < 1.29 is 4.42 Å². The number of furan rings is 1. The maximum atomic E-state index is 6.73. The van der Waals surface area contributed by atoms with E-state index in [9.17, 15) is 0 Å². The first-order valence-electron chi connectivity index (χ1n) is 20.2. The van der Waals surface area contributed by atoms with Crippen molar-refractivity contribution in [2.45, 2.75) is 0 Å². The number of aromatic nitrogens is 1. The second-order valence-electron chi connectivity index (χ2n) is 15.3. The number of benzene rings is 10. The van der Waals surface area contributed by atoms with Crippen molar-refractivity contribution in [1.29, 1.82) is 0 Å². The van der Waals surface area contributed by atoms with Gasteiger partial charge in [0.05, 0.1) is 16.7 Å². The molecule has 0 aliphatic rings. The minimum atomic E-state index is 0.862. The Bertz CT molecular complexity index is 3520. The van der Waals surface area contributed by atoms with Gasteiger partial charge in [0, 0.05) is 55.6 Å². The van der Waals surface area contributed by atoms with Crippen LogP contribution >= 0.6 is 0 Å². The van der Waals surface area contributed by atoms with Gasteiger partial charge in [-0.3, -0.25) is 0 Å². The van der Waals surface area contributed by atoms with Crippen molar-refractivity contribution in [2.24, 2.45) is 0 Å².